The summed E-state index contributed by atoms with van der Waals surface area (Å²) < 4.78 is 15.1. The largest absolute Gasteiger partial charge is 0.384 e. The summed E-state index contributed by atoms with van der Waals surface area (Å²) in [5.74, 6) is -0.352. The van der Waals surface area contributed by atoms with Gasteiger partial charge in [-0.3, -0.25) is 4.79 Å². The number of rotatable bonds is 3. The van der Waals surface area contributed by atoms with E-state index >= 15 is 0 Å². The number of hydrogen-bond donors (Lipinski definition) is 2. The third-order valence-corrected chi connectivity index (χ3v) is 4.79. The molecule has 0 atom stereocenters. The number of pyridine rings is 1. The molecule has 0 spiro atoms. The van der Waals surface area contributed by atoms with E-state index in [1.807, 2.05) is 41.1 Å². The van der Waals surface area contributed by atoms with Gasteiger partial charge in [-0.25, -0.2) is 4.39 Å². The molecular weight excluding hydrogens is 369 g/mol. The number of nitrogens with two attached hydrogens (primary N) is 1. The Balaban J connectivity index is 1.83. The van der Waals surface area contributed by atoms with Crippen LogP contribution in [0, 0.1) is 28.5 Å². The van der Waals surface area contributed by atoms with Crippen molar-refractivity contribution in [3.63, 3.8) is 0 Å². The molecule has 6 nitrogen and oxygen atoms in total. The Kier molecular flexibility index (Phi) is 4.34. The summed E-state index contributed by atoms with van der Waals surface area (Å²) in [6, 6.07) is 17.5. The molecule has 29 heavy (non-hydrogen) atoms. The van der Waals surface area contributed by atoms with Crippen LogP contribution in [-0.4, -0.2) is 9.55 Å². The highest BCUT2D eigenvalue weighted by Gasteiger charge is 2.18. The Bertz CT molecular complexity index is 1380. The van der Waals surface area contributed by atoms with Crippen molar-refractivity contribution in [1.29, 1.82) is 10.5 Å². The number of nitrogens with one attached hydrogen (secondary N) is 1. The second-order valence-corrected chi connectivity index (χ2v) is 6.56. The molecule has 0 bridgehead atoms. The zero-order valence-electron chi connectivity index (χ0n) is 15.1. The summed E-state index contributed by atoms with van der Waals surface area (Å²) in [6.07, 6.45) is 1.90. The quantitative estimate of drug-likeness (QED) is 0.564. The molecule has 140 valence electrons. The van der Waals surface area contributed by atoms with E-state index in [2.05, 4.69) is 4.98 Å². The first-order valence-electron chi connectivity index (χ1n) is 8.71. The summed E-state index contributed by atoms with van der Waals surface area (Å²) in [4.78, 5) is 14.5. The van der Waals surface area contributed by atoms with Crippen LogP contribution >= 0.6 is 0 Å². The van der Waals surface area contributed by atoms with Crippen LogP contribution in [0.2, 0.25) is 0 Å². The number of nitrogen functional groups attached to an aromatic ring is 1. The Morgan fingerprint density at radius 1 is 1.03 bits per heavy atom. The van der Waals surface area contributed by atoms with Gasteiger partial charge in [0, 0.05) is 29.2 Å². The molecule has 0 unspecified atom stereocenters. The van der Waals surface area contributed by atoms with Gasteiger partial charge in [-0.05, 0) is 41.5 Å². The predicted octanol–water partition coefficient (Wildman–Crippen LogP) is 3.51. The van der Waals surface area contributed by atoms with Gasteiger partial charge in [0.05, 0.1) is 0 Å². The fourth-order valence-corrected chi connectivity index (χ4v) is 3.41. The van der Waals surface area contributed by atoms with Crippen LogP contribution in [0.15, 0.2) is 59.5 Å². The van der Waals surface area contributed by atoms with Crippen LogP contribution in [0.25, 0.3) is 22.0 Å². The minimum Gasteiger partial charge on any atom is -0.384 e. The van der Waals surface area contributed by atoms with Gasteiger partial charge < -0.3 is 15.3 Å². The standard InChI is InChI=1S/C22H14FN5O/c23-16-4-1-13(2-5-16)12-28-8-7-14-9-15(3-6-19(14)28)20-17(10-24)21(26)27-22(29)18(20)11-25/h1-9H,12H2,(H3,26,27,29). The smallest absolute Gasteiger partial charge is 0.268 e. The molecule has 0 aliphatic heterocycles. The average molecular weight is 383 g/mol. The van der Waals surface area contributed by atoms with Gasteiger partial charge in [0.2, 0.25) is 0 Å². The van der Waals surface area contributed by atoms with E-state index in [4.69, 9.17) is 5.73 Å². The van der Waals surface area contributed by atoms with Crippen LogP contribution in [0.1, 0.15) is 16.7 Å². The maximum atomic E-state index is 13.1. The average Bonchev–Trinajstić information content (AvgIpc) is 3.11. The number of anilines is 1. The van der Waals surface area contributed by atoms with Crippen molar-refractivity contribution in [3.05, 3.63) is 87.6 Å². The van der Waals surface area contributed by atoms with E-state index < -0.39 is 5.56 Å². The Morgan fingerprint density at radius 2 is 1.76 bits per heavy atom. The summed E-state index contributed by atoms with van der Waals surface area (Å²) in [5.41, 5.74) is 7.73. The lowest BCUT2D eigenvalue weighted by Gasteiger charge is -2.10. The van der Waals surface area contributed by atoms with E-state index in [9.17, 15) is 19.7 Å². The molecule has 7 heteroatoms. The molecule has 0 amide bonds. The number of nitriles is 2. The zero-order chi connectivity index (χ0) is 20.5. The minimum absolute atomic E-state index is 0.0613. The summed E-state index contributed by atoms with van der Waals surface area (Å²) >= 11 is 0. The highest BCUT2D eigenvalue weighted by molar-refractivity contribution is 5.89. The summed E-state index contributed by atoms with van der Waals surface area (Å²) in [7, 11) is 0. The van der Waals surface area contributed by atoms with Crippen molar-refractivity contribution in [1.82, 2.24) is 9.55 Å². The number of aromatic amines is 1. The molecule has 0 aliphatic carbocycles. The normalized spacial score (nSPS) is 10.6. The maximum absolute atomic E-state index is 13.1. The van der Waals surface area contributed by atoms with E-state index in [0.717, 1.165) is 16.5 Å². The van der Waals surface area contributed by atoms with Gasteiger partial charge in [0.25, 0.3) is 5.56 Å². The van der Waals surface area contributed by atoms with Crippen molar-refractivity contribution >= 4 is 16.7 Å². The molecule has 2 heterocycles. The van der Waals surface area contributed by atoms with Crippen molar-refractivity contribution in [3.8, 4) is 23.3 Å². The number of aromatic nitrogens is 2. The van der Waals surface area contributed by atoms with Gasteiger partial charge in [0.1, 0.15) is 34.9 Å². The van der Waals surface area contributed by atoms with Gasteiger partial charge in [-0.2, -0.15) is 10.5 Å². The number of fused-ring (bicyclic) bond motifs is 1. The maximum Gasteiger partial charge on any atom is 0.268 e. The summed E-state index contributed by atoms with van der Waals surface area (Å²) in [6.45, 7) is 0.563. The predicted molar refractivity (Wildman–Crippen MR) is 107 cm³/mol. The molecule has 0 radical (unpaired) electrons. The fraction of sp³-hybridized carbons (Fsp3) is 0.0455. The Morgan fingerprint density at radius 3 is 2.45 bits per heavy atom. The lowest BCUT2D eigenvalue weighted by molar-refractivity contribution is 0.626. The van der Waals surface area contributed by atoms with E-state index in [-0.39, 0.29) is 28.3 Å². The number of H-pyrrole nitrogens is 1. The van der Waals surface area contributed by atoms with Crippen LogP contribution < -0.4 is 11.3 Å². The molecule has 0 saturated carbocycles. The van der Waals surface area contributed by atoms with Crippen molar-refractivity contribution in [2.24, 2.45) is 0 Å². The third-order valence-electron chi connectivity index (χ3n) is 4.79. The molecular formula is C22H14FN5O. The molecule has 0 aliphatic rings. The van der Waals surface area contributed by atoms with Gasteiger partial charge >= 0.3 is 0 Å². The van der Waals surface area contributed by atoms with Crippen molar-refractivity contribution in [2.75, 3.05) is 5.73 Å². The second kappa shape index (κ2) is 6.99. The second-order valence-electron chi connectivity index (χ2n) is 6.56. The third kappa shape index (κ3) is 3.11. The molecule has 4 rings (SSSR count). The highest BCUT2D eigenvalue weighted by Crippen LogP contribution is 2.31. The van der Waals surface area contributed by atoms with Crippen molar-refractivity contribution < 1.29 is 4.39 Å². The first-order valence-corrected chi connectivity index (χ1v) is 8.71. The first kappa shape index (κ1) is 18.0. The van der Waals surface area contributed by atoms with Crippen LogP contribution in [0.5, 0.6) is 0 Å². The number of nitrogens with zero attached hydrogens (tertiary/aromatic N) is 3. The van der Waals surface area contributed by atoms with E-state index in [1.54, 1.807) is 18.2 Å². The van der Waals surface area contributed by atoms with E-state index in [1.165, 1.54) is 12.1 Å². The molecule has 2 aromatic carbocycles. The van der Waals surface area contributed by atoms with Gasteiger partial charge in [-0.15, -0.1) is 0 Å². The topological polar surface area (TPSA) is 111 Å². The molecule has 4 aromatic rings. The lowest BCUT2D eigenvalue weighted by atomic mass is 9.96. The first-order chi connectivity index (χ1) is 14.0. The minimum atomic E-state index is -0.632. The molecule has 0 saturated heterocycles. The van der Waals surface area contributed by atoms with Crippen LogP contribution in [0.3, 0.4) is 0 Å². The van der Waals surface area contributed by atoms with E-state index in [0.29, 0.717) is 12.1 Å². The molecule has 2 aromatic heterocycles. The van der Waals surface area contributed by atoms with Crippen molar-refractivity contribution in [2.45, 2.75) is 6.54 Å². The number of halogens is 1. The highest BCUT2D eigenvalue weighted by atomic mass is 19.1. The van der Waals surface area contributed by atoms with Crippen LogP contribution in [0.4, 0.5) is 10.2 Å². The SMILES string of the molecule is N#Cc1c(N)[nH]c(=O)c(C#N)c1-c1ccc2c(ccn2Cc2ccc(F)cc2)c1. The van der Waals surface area contributed by atoms with Crippen LogP contribution in [-0.2, 0) is 6.54 Å². The van der Waals surface area contributed by atoms with Gasteiger partial charge in [0.15, 0.2) is 0 Å². The molecule has 3 N–H and O–H groups in total. The monoisotopic (exact) mass is 383 g/mol. The Hall–Kier alpha value is -4.36. The molecule has 0 fully saturated rings. The number of hydrogen-bond acceptors (Lipinski definition) is 4. The van der Waals surface area contributed by atoms with Gasteiger partial charge in [-0.1, -0.05) is 18.2 Å². The fourth-order valence-electron chi connectivity index (χ4n) is 3.41. The number of benzene rings is 2. The lowest BCUT2D eigenvalue weighted by Crippen LogP contribution is -2.16. The zero-order valence-corrected chi connectivity index (χ0v) is 15.1. The summed E-state index contributed by atoms with van der Waals surface area (Å²) in [5, 5.41) is 19.8. The Labute approximate surface area is 164 Å².